The summed E-state index contributed by atoms with van der Waals surface area (Å²) in [6, 6.07) is 21.1. The van der Waals surface area contributed by atoms with Gasteiger partial charge in [-0.1, -0.05) is 82.3 Å². The molecule has 70 heavy (non-hydrogen) atoms. The van der Waals surface area contributed by atoms with E-state index in [1.807, 2.05) is 49.9 Å². The van der Waals surface area contributed by atoms with Gasteiger partial charge < -0.3 is 39.9 Å². The van der Waals surface area contributed by atoms with E-state index in [1.165, 1.54) is 47.6 Å². The van der Waals surface area contributed by atoms with Crippen molar-refractivity contribution in [3.63, 3.8) is 0 Å². The van der Waals surface area contributed by atoms with Crippen LogP contribution in [-0.4, -0.2) is 92.1 Å². The average molecular weight is 949 g/mol. The summed E-state index contributed by atoms with van der Waals surface area (Å²) in [5.74, 6) is 1.84. The molecule has 4 saturated heterocycles. The normalized spacial score (nSPS) is 23.5. The number of ether oxygens (including phenoxy) is 2. The molecule has 0 radical (unpaired) electrons. The van der Waals surface area contributed by atoms with E-state index in [0.29, 0.717) is 11.8 Å². The van der Waals surface area contributed by atoms with E-state index in [4.69, 9.17) is 19.4 Å². The van der Waals surface area contributed by atoms with Gasteiger partial charge in [0.05, 0.1) is 50.1 Å². The number of imidazole rings is 2. The molecular formula is C56H68N8O6. The summed E-state index contributed by atoms with van der Waals surface area (Å²) >= 11 is 0. The van der Waals surface area contributed by atoms with Crippen LogP contribution in [-0.2, 0) is 44.7 Å². The molecule has 2 aromatic heterocycles. The van der Waals surface area contributed by atoms with E-state index >= 15 is 0 Å². The van der Waals surface area contributed by atoms with Crippen molar-refractivity contribution in [1.29, 1.82) is 0 Å². The van der Waals surface area contributed by atoms with Gasteiger partial charge >= 0.3 is 12.2 Å². The molecule has 6 aliphatic carbocycles. The van der Waals surface area contributed by atoms with Crippen molar-refractivity contribution in [2.24, 2.45) is 23.7 Å². The van der Waals surface area contributed by atoms with Gasteiger partial charge in [0, 0.05) is 17.6 Å². The largest absolute Gasteiger partial charge is 0.453 e. The van der Waals surface area contributed by atoms with Crippen LogP contribution in [0, 0.1) is 23.7 Å². The molecule has 6 heterocycles. The third kappa shape index (κ3) is 9.09. The van der Waals surface area contributed by atoms with Crippen molar-refractivity contribution in [3.05, 3.63) is 107 Å². The maximum Gasteiger partial charge on any atom is 0.407 e. The number of piperidine rings is 4. The molecular weight excluding hydrogens is 881 g/mol. The SMILES string of the molecule is COC(=O)N[C@H](C(=O)N1C2CCC(CC2)[C@H]1c1ncc(-c2ccc(-c3cc4ccc3CCc3ccc(c(-c5cnc([C@@H]6C7CCC(CC7)N6C(=O)[C@@H](NC(=O)OC)C(C)C)[nH]5)c3)CC4)cc2)[nH]1)C(C)C. The zero-order valence-corrected chi connectivity index (χ0v) is 41.4. The summed E-state index contributed by atoms with van der Waals surface area (Å²) in [5, 5.41) is 5.62. The van der Waals surface area contributed by atoms with Gasteiger partial charge in [-0.15, -0.1) is 0 Å². The van der Waals surface area contributed by atoms with Crippen LogP contribution in [0.2, 0.25) is 0 Å². The molecule has 15 rings (SSSR count). The Hall–Kier alpha value is -6.44. The van der Waals surface area contributed by atoms with Gasteiger partial charge in [-0.2, -0.15) is 0 Å². The Morgan fingerprint density at radius 1 is 0.557 bits per heavy atom. The predicted molar refractivity (Wildman–Crippen MR) is 267 cm³/mol. The molecule has 6 fully saturated rings. The van der Waals surface area contributed by atoms with E-state index in [0.717, 1.165) is 111 Å². The quantitative estimate of drug-likeness (QED) is 0.101. The standard InChI is InChI=1S/C56H68N8O6/c1-31(2)47(61-55(67)69-5)53(65)63-41-23-19-39(20-24-41)49(63)51-57-29-45(59-51)38-17-15-36(16-18-38)43-27-33-7-11-35(43)12-8-34-10-14-37(13-9-33)44(28-34)46-30-58-52(60-46)50-40-21-25-42(26-22-40)64(50)54(66)48(32(3)4)62-56(68)70-6/h7,10-11,14-18,27-32,39-42,47-50H,8-9,12-13,19-26H2,1-6H3,(H,57,59)(H,58,60)(H,61,67)(H,62,68)/t39?,40?,41?,42?,47-,48-,49-,50-/m0/s1. The molecule has 10 aliphatic rings. The maximum absolute atomic E-state index is 14.3. The molecule has 0 spiro atoms. The fourth-order valence-corrected chi connectivity index (χ4v) is 12.5. The maximum atomic E-state index is 14.3. The lowest BCUT2D eigenvalue weighted by molar-refractivity contribution is -0.149. The third-order valence-corrected chi connectivity index (χ3v) is 16.3. The Morgan fingerprint density at radius 3 is 1.46 bits per heavy atom. The van der Waals surface area contributed by atoms with Gasteiger partial charge in [0.25, 0.3) is 0 Å². The van der Waals surface area contributed by atoms with E-state index in [-0.39, 0.29) is 47.8 Å². The number of nitrogens with one attached hydrogen (secondary N) is 4. The highest BCUT2D eigenvalue weighted by molar-refractivity contribution is 5.87. The minimum atomic E-state index is -0.687. The highest BCUT2D eigenvalue weighted by atomic mass is 16.5. The van der Waals surface area contributed by atoms with Crippen molar-refractivity contribution in [3.8, 4) is 33.6 Å². The molecule has 2 saturated carbocycles. The summed E-state index contributed by atoms with van der Waals surface area (Å²) in [7, 11) is 2.65. The molecule has 3 aromatic carbocycles. The van der Waals surface area contributed by atoms with Crippen LogP contribution in [0.1, 0.15) is 125 Å². The fourth-order valence-electron chi connectivity index (χ4n) is 12.5. The number of aryl methyl sites for hydroxylation is 4. The second kappa shape index (κ2) is 19.8. The number of alkyl carbamates (subject to hydrolysis) is 2. The Bertz CT molecular complexity index is 2730. The number of hydrogen-bond donors (Lipinski definition) is 4. The van der Waals surface area contributed by atoms with Gasteiger partial charge in [0.15, 0.2) is 0 Å². The van der Waals surface area contributed by atoms with Crippen molar-refractivity contribution < 1.29 is 28.7 Å². The molecule has 4 aliphatic heterocycles. The minimum absolute atomic E-state index is 0.0694. The van der Waals surface area contributed by atoms with Crippen molar-refractivity contribution >= 4 is 24.0 Å². The molecule has 4 atom stereocenters. The third-order valence-electron chi connectivity index (χ3n) is 16.3. The molecule has 368 valence electrons. The lowest BCUT2D eigenvalue weighted by Crippen LogP contribution is -2.59. The van der Waals surface area contributed by atoms with Crippen LogP contribution >= 0.6 is 0 Å². The van der Waals surface area contributed by atoms with Crippen molar-refractivity contribution in [1.82, 2.24) is 40.4 Å². The second-order valence-electron chi connectivity index (χ2n) is 21.2. The Balaban J connectivity index is 0.865. The lowest BCUT2D eigenvalue weighted by Gasteiger charge is -2.51. The van der Waals surface area contributed by atoms with Gasteiger partial charge in [0.1, 0.15) is 23.7 Å². The molecule has 4 amide bonds. The van der Waals surface area contributed by atoms with Crippen LogP contribution in [0.4, 0.5) is 9.59 Å². The first-order valence-corrected chi connectivity index (χ1v) is 25.7. The van der Waals surface area contributed by atoms with Gasteiger partial charge in [0.2, 0.25) is 11.8 Å². The number of fused-ring (bicyclic) bond motifs is 6. The Labute approximate surface area is 411 Å². The van der Waals surface area contributed by atoms with Crippen molar-refractivity contribution in [2.45, 2.75) is 141 Å². The first-order chi connectivity index (χ1) is 33.9. The topological polar surface area (TPSA) is 175 Å². The van der Waals surface area contributed by atoms with Crippen LogP contribution in [0.5, 0.6) is 0 Å². The summed E-state index contributed by atoms with van der Waals surface area (Å²) in [4.78, 5) is 74.5. The van der Waals surface area contributed by atoms with Crippen LogP contribution in [0.25, 0.3) is 33.6 Å². The molecule has 14 nitrogen and oxygen atoms in total. The number of rotatable bonds is 11. The van der Waals surface area contributed by atoms with E-state index in [1.54, 1.807) is 0 Å². The number of benzene rings is 3. The highest BCUT2D eigenvalue weighted by Gasteiger charge is 2.50. The number of amides is 4. The molecule has 8 bridgehead atoms. The minimum Gasteiger partial charge on any atom is -0.453 e. The number of carbonyl (C=O) groups is 4. The van der Waals surface area contributed by atoms with Crippen LogP contribution in [0.15, 0.2) is 73.1 Å². The first-order valence-electron chi connectivity index (χ1n) is 25.7. The fraction of sp³-hybridized carbons (Fsp3) is 0.500. The number of methoxy groups -OCH3 is 2. The zero-order chi connectivity index (χ0) is 48.8. The Kier molecular flexibility index (Phi) is 13.3. The molecule has 4 N–H and O–H groups in total. The average Bonchev–Trinajstić information content (AvgIpc) is 4.09. The van der Waals surface area contributed by atoms with Gasteiger partial charge in [-0.25, -0.2) is 19.6 Å². The number of H-pyrrole nitrogens is 2. The number of carbonyl (C=O) groups excluding carboxylic acids is 4. The van der Waals surface area contributed by atoms with E-state index in [9.17, 15) is 19.2 Å². The van der Waals surface area contributed by atoms with E-state index in [2.05, 4.69) is 81.3 Å². The summed E-state index contributed by atoms with van der Waals surface area (Å²) in [5.41, 5.74) is 11.6. The Morgan fingerprint density at radius 2 is 0.986 bits per heavy atom. The molecule has 5 aromatic rings. The number of hydrogen-bond acceptors (Lipinski definition) is 8. The second-order valence-corrected chi connectivity index (χ2v) is 21.2. The van der Waals surface area contributed by atoms with Crippen LogP contribution < -0.4 is 10.6 Å². The van der Waals surface area contributed by atoms with Gasteiger partial charge in [-0.05, 0) is 146 Å². The summed E-state index contributed by atoms with van der Waals surface area (Å²) in [6.07, 6.45) is 14.1. The summed E-state index contributed by atoms with van der Waals surface area (Å²) < 4.78 is 9.79. The molecule has 0 unspecified atom stereocenters. The van der Waals surface area contributed by atoms with Crippen molar-refractivity contribution in [2.75, 3.05) is 14.2 Å². The summed E-state index contributed by atoms with van der Waals surface area (Å²) in [6.45, 7) is 7.81. The zero-order valence-electron chi connectivity index (χ0n) is 41.4. The van der Waals surface area contributed by atoms with Crippen LogP contribution in [0.3, 0.4) is 0 Å². The lowest BCUT2D eigenvalue weighted by atomic mass is 9.73. The monoisotopic (exact) mass is 949 g/mol. The molecule has 14 heteroatoms. The number of nitrogens with zero attached hydrogens (tertiary/aromatic N) is 4. The smallest absolute Gasteiger partial charge is 0.407 e. The highest BCUT2D eigenvalue weighted by Crippen LogP contribution is 2.49. The van der Waals surface area contributed by atoms with Gasteiger partial charge in [-0.3, -0.25) is 9.59 Å². The number of aromatic nitrogens is 4. The first kappa shape index (κ1) is 47.2. The van der Waals surface area contributed by atoms with E-state index < -0.39 is 24.3 Å². The predicted octanol–water partition coefficient (Wildman–Crippen LogP) is 9.66. The number of aromatic amines is 2.